The van der Waals surface area contributed by atoms with E-state index in [1.807, 2.05) is 0 Å². The third-order valence-electron chi connectivity index (χ3n) is 3.92. The van der Waals surface area contributed by atoms with E-state index in [2.05, 4.69) is 4.72 Å². The summed E-state index contributed by atoms with van der Waals surface area (Å²) in [4.78, 5) is 0.0957. The first-order valence-corrected chi connectivity index (χ1v) is 11.3. The Labute approximate surface area is 149 Å². The summed E-state index contributed by atoms with van der Waals surface area (Å²) in [7, 11) is -5.66. The summed E-state index contributed by atoms with van der Waals surface area (Å²) >= 11 is 0. The van der Waals surface area contributed by atoms with Crippen LogP contribution in [0.15, 0.2) is 29.2 Å². The zero-order valence-electron chi connectivity index (χ0n) is 14.3. The van der Waals surface area contributed by atoms with Crippen LogP contribution in [0.4, 0.5) is 0 Å². The predicted octanol–water partition coefficient (Wildman–Crippen LogP) is 0.414. The van der Waals surface area contributed by atoms with Crippen molar-refractivity contribution >= 4 is 20.0 Å². The van der Waals surface area contributed by atoms with Crippen molar-refractivity contribution in [2.45, 2.75) is 23.8 Å². The Balaban J connectivity index is 1.95. The highest BCUT2D eigenvalue weighted by atomic mass is 32.2. The average molecular weight is 392 g/mol. The molecule has 2 rings (SSSR count). The van der Waals surface area contributed by atoms with Gasteiger partial charge in [-0.05, 0) is 37.1 Å². The number of sulfonamides is 2. The Morgan fingerprint density at radius 2 is 1.92 bits per heavy atom. The number of hydrogen-bond acceptors (Lipinski definition) is 6. The van der Waals surface area contributed by atoms with Crippen LogP contribution in [-0.2, 0) is 24.8 Å². The summed E-state index contributed by atoms with van der Waals surface area (Å²) < 4.78 is 62.4. The number of nitrogens with one attached hydrogen (secondary N) is 1. The molecule has 10 heteroatoms. The van der Waals surface area contributed by atoms with Crippen LogP contribution >= 0.6 is 0 Å². The molecule has 1 atom stereocenters. The molecule has 1 unspecified atom stereocenters. The Morgan fingerprint density at radius 1 is 1.24 bits per heavy atom. The molecule has 1 aromatic carbocycles. The van der Waals surface area contributed by atoms with Crippen molar-refractivity contribution in [2.75, 3.05) is 39.6 Å². The Kier molecular flexibility index (Phi) is 6.80. The van der Waals surface area contributed by atoms with Crippen molar-refractivity contribution in [1.82, 2.24) is 9.03 Å². The Hall–Kier alpha value is -1.20. The molecule has 0 amide bonds. The van der Waals surface area contributed by atoms with Crippen molar-refractivity contribution in [3.05, 3.63) is 24.3 Å². The zero-order chi connectivity index (χ0) is 18.5. The molecule has 0 radical (unpaired) electrons. The second-order valence-corrected chi connectivity index (χ2v) is 9.58. The van der Waals surface area contributed by atoms with E-state index >= 15 is 0 Å². The molecule has 1 heterocycles. The molecule has 0 saturated carbocycles. The topological polar surface area (TPSA) is 102 Å². The maximum absolute atomic E-state index is 12.3. The van der Waals surface area contributed by atoms with E-state index in [0.29, 0.717) is 12.4 Å². The zero-order valence-corrected chi connectivity index (χ0v) is 16.0. The lowest BCUT2D eigenvalue weighted by molar-refractivity contribution is 0.0943. The van der Waals surface area contributed by atoms with Gasteiger partial charge in [-0.3, -0.25) is 0 Å². The SMILES string of the molecule is COc1ccc(S(=O)(=O)NCCN(CC2CCCO2)S(C)(=O)=O)cc1. The van der Waals surface area contributed by atoms with Gasteiger partial charge in [0, 0.05) is 26.2 Å². The van der Waals surface area contributed by atoms with Crippen LogP contribution in [0, 0.1) is 0 Å². The summed E-state index contributed by atoms with van der Waals surface area (Å²) in [5.74, 6) is 0.554. The van der Waals surface area contributed by atoms with Gasteiger partial charge in [0.15, 0.2) is 0 Å². The molecular weight excluding hydrogens is 368 g/mol. The van der Waals surface area contributed by atoms with Crippen molar-refractivity contribution in [3.8, 4) is 5.75 Å². The standard InChI is InChI=1S/C15H24N2O6S2/c1-22-13-5-7-15(8-6-13)25(20,21)16-9-10-17(24(2,18)19)12-14-4-3-11-23-14/h5-8,14,16H,3-4,9-12H2,1-2H3. The Morgan fingerprint density at radius 3 is 2.44 bits per heavy atom. The number of nitrogens with zero attached hydrogens (tertiary/aromatic N) is 1. The predicted molar refractivity (Wildman–Crippen MR) is 93.6 cm³/mol. The summed E-state index contributed by atoms with van der Waals surface area (Å²) in [6.07, 6.45) is 2.70. The number of ether oxygens (including phenoxy) is 2. The molecular formula is C15H24N2O6S2. The molecule has 1 N–H and O–H groups in total. The maximum Gasteiger partial charge on any atom is 0.240 e. The lowest BCUT2D eigenvalue weighted by Gasteiger charge is -2.23. The van der Waals surface area contributed by atoms with Crippen LogP contribution in [0.3, 0.4) is 0 Å². The first-order valence-electron chi connectivity index (χ1n) is 7.93. The van der Waals surface area contributed by atoms with Gasteiger partial charge >= 0.3 is 0 Å². The van der Waals surface area contributed by atoms with Gasteiger partial charge < -0.3 is 9.47 Å². The summed E-state index contributed by atoms with van der Waals surface area (Å²) in [5.41, 5.74) is 0. The Bertz CT molecular complexity index is 756. The van der Waals surface area contributed by atoms with Crippen molar-refractivity contribution in [1.29, 1.82) is 0 Å². The van der Waals surface area contributed by atoms with E-state index in [1.54, 1.807) is 12.1 Å². The minimum atomic E-state index is -3.71. The van der Waals surface area contributed by atoms with E-state index in [4.69, 9.17) is 9.47 Å². The van der Waals surface area contributed by atoms with E-state index in [-0.39, 0.29) is 30.6 Å². The highest BCUT2D eigenvalue weighted by Gasteiger charge is 2.25. The first kappa shape index (κ1) is 20.1. The molecule has 1 aliphatic heterocycles. The van der Waals surface area contributed by atoms with Crippen LogP contribution in [-0.4, -0.2) is 66.9 Å². The molecule has 8 nitrogen and oxygen atoms in total. The number of methoxy groups -OCH3 is 1. The van der Waals surface area contributed by atoms with E-state index in [9.17, 15) is 16.8 Å². The van der Waals surface area contributed by atoms with E-state index in [1.165, 1.54) is 23.5 Å². The van der Waals surface area contributed by atoms with Crippen LogP contribution in [0.2, 0.25) is 0 Å². The van der Waals surface area contributed by atoms with Gasteiger partial charge in [-0.25, -0.2) is 21.6 Å². The third kappa shape index (κ3) is 5.93. The van der Waals surface area contributed by atoms with Crippen molar-refractivity contribution in [2.24, 2.45) is 0 Å². The first-order chi connectivity index (χ1) is 11.7. The minimum absolute atomic E-state index is 0.0197. The lowest BCUT2D eigenvalue weighted by atomic mass is 10.2. The van der Waals surface area contributed by atoms with Crippen molar-refractivity contribution < 1.29 is 26.3 Å². The van der Waals surface area contributed by atoms with E-state index in [0.717, 1.165) is 19.1 Å². The second-order valence-electron chi connectivity index (χ2n) is 5.83. The number of hydrogen-bond donors (Lipinski definition) is 1. The summed E-state index contributed by atoms with van der Waals surface area (Å²) in [6.45, 7) is 0.900. The number of rotatable bonds is 9. The normalized spacial score (nSPS) is 18.6. The molecule has 25 heavy (non-hydrogen) atoms. The highest BCUT2D eigenvalue weighted by Crippen LogP contribution is 2.16. The highest BCUT2D eigenvalue weighted by molar-refractivity contribution is 7.89. The van der Waals surface area contributed by atoms with Crippen molar-refractivity contribution in [3.63, 3.8) is 0 Å². The molecule has 1 saturated heterocycles. The van der Waals surface area contributed by atoms with Crippen LogP contribution in [0.25, 0.3) is 0 Å². The fourth-order valence-corrected chi connectivity index (χ4v) is 4.43. The molecule has 0 spiro atoms. The van der Waals surface area contributed by atoms with Gasteiger partial charge in [-0.1, -0.05) is 0 Å². The maximum atomic E-state index is 12.3. The average Bonchev–Trinajstić information content (AvgIpc) is 3.06. The molecule has 0 aliphatic carbocycles. The lowest BCUT2D eigenvalue weighted by Crippen LogP contribution is -2.41. The molecule has 1 aliphatic rings. The second kappa shape index (κ2) is 8.45. The third-order valence-corrected chi connectivity index (χ3v) is 6.67. The molecule has 1 fully saturated rings. The van der Waals surface area contributed by atoms with Crippen LogP contribution in [0.1, 0.15) is 12.8 Å². The fourth-order valence-electron chi connectivity index (χ4n) is 2.55. The monoisotopic (exact) mass is 392 g/mol. The molecule has 0 aromatic heterocycles. The molecule has 142 valence electrons. The molecule has 0 bridgehead atoms. The number of benzene rings is 1. The van der Waals surface area contributed by atoms with Gasteiger partial charge in [0.25, 0.3) is 0 Å². The van der Waals surface area contributed by atoms with Crippen LogP contribution in [0.5, 0.6) is 5.75 Å². The van der Waals surface area contributed by atoms with Crippen LogP contribution < -0.4 is 9.46 Å². The summed E-state index contributed by atoms with van der Waals surface area (Å²) in [6, 6.07) is 5.97. The van der Waals surface area contributed by atoms with Gasteiger partial charge in [0.2, 0.25) is 20.0 Å². The van der Waals surface area contributed by atoms with E-state index < -0.39 is 20.0 Å². The largest absolute Gasteiger partial charge is 0.497 e. The van der Waals surface area contributed by atoms with Gasteiger partial charge in [0.1, 0.15) is 5.75 Å². The minimum Gasteiger partial charge on any atom is -0.497 e. The smallest absolute Gasteiger partial charge is 0.240 e. The summed E-state index contributed by atoms with van der Waals surface area (Å²) in [5, 5.41) is 0. The van der Waals surface area contributed by atoms with Gasteiger partial charge in [-0.2, -0.15) is 4.31 Å². The quantitative estimate of drug-likeness (QED) is 0.653. The van der Waals surface area contributed by atoms with Gasteiger partial charge in [-0.15, -0.1) is 0 Å². The van der Waals surface area contributed by atoms with Gasteiger partial charge in [0.05, 0.1) is 24.4 Å². The molecule has 1 aromatic rings. The fraction of sp³-hybridized carbons (Fsp3) is 0.600.